The quantitative estimate of drug-likeness (QED) is 0.673. The summed E-state index contributed by atoms with van der Waals surface area (Å²) in [5, 5.41) is 6.87. The van der Waals surface area contributed by atoms with Crippen molar-refractivity contribution in [3.8, 4) is 0 Å². The third-order valence-electron chi connectivity index (χ3n) is 5.94. The number of nitrogen functional groups attached to an aromatic ring is 1. The number of rotatable bonds is 7. The number of carbonyl (C=O) groups is 1. The Morgan fingerprint density at radius 3 is 2.66 bits per heavy atom. The van der Waals surface area contributed by atoms with Crippen LogP contribution in [0.25, 0.3) is 0 Å². The molecule has 3 atom stereocenters. The summed E-state index contributed by atoms with van der Waals surface area (Å²) in [6.07, 6.45) is 4.07. The van der Waals surface area contributed by atoms with Gasteiger partial charge in [-0.25, -0.2) is 4.98 Å². The fourth-order valence-electron chi connectivity index (χ4n) is 4.51. The molecule has 2 aromatic rings. The summed E-state index contributed by atoms with van der Waals surface area (Å²) < 4.78 is 0. The van der Waals surface area contributed by atoms with E-state index in [2.05, 4.69) is 35.5 Å². The lowest BCUT2D eigenvalue weighted by atomic mass is 9.88. The van der Waals surface area contributed by atoms with E-state index >= 15 is 0 Å². The highest BCUT2D eigenvalue weighted by Crippen LogP contribution is 2.30. The smallest absolute Gasteiger partial charge is 0.254 e. The number of amides is 1. The van der Waals surface area contributed by atoms with Crippen molar-refractivity contribution in [1.82, 2.24) is 15.2 Å². The molecule has 154 valence electrons. The van der Waals surface area contributed by atoms with Gasteiger partial charge in [-0.1, -0.05) is 25.5 Å². The lowest BCUT2D eigenvalue weighted by Gasteiger charge is -2.53. The average molecular weight is 394 g/mol. The van der Waals surface area contributed by atoms with Crippen LogP contribution in [0.15, 0.2) is 36.4 Å². The Morgan fingerprint density at radius 2 is 2.00 bits per heavy atom. The second kappa shape index (κ2) is 8.41. The fraction of sp³-hybridized carbons (Fsp3) is 0.478. The van der Waals surface area contributed by atoms with Crippen molar-refractivity contribution in [2.24, 2.45) is 0 Å². The van der Waals surface area contributed by atoms with Crippen molar-refractivity contribution in [1.29, 1.82) is 0 Å². The minimum Gasteiger partial charge on any atom is -0.384 e. The van der Waals surface area contributed by atoms with Gasteiger partial charge < -0.3 is 21.3 Å². The number of fused-ring (bicyclic) bond motifs is 2. The number of nitrogens with one attached hydrogen (secondary N) is 2. The molecule has 4 N–H and O–H groups in total. The Hall–Kier alpha value is -2.60. The predicted octanol–water partition coefficient (Wildman–Crippen LogP) is 3.04. The number of piperidine rings is 1. The molecule has 2 unspecified atom stereocenters. The first-order chi connectivity index (χ1) is 14.0. The predicted molar refractivity (Wildman–Crippen MR) is 117 cm³/mol. The number of anilines is 2. The maximum Gasteiger partial charge on any atom is 0.254 e. The first-order valence-corrected chi connectivity index (χ1v) is 10.7. The summed E-state index contributed by atoms with van der Waals surface area (Å²) in [5.41, 5.74) is 9.85. The summed E-state index contributed by atoms with van der Waals surface area (Å²) in [6, 6.07) is 13.0. The van der Waals surface area contributed by atoms with Crippen molar-refractivity contribution in [2.45, 2.75) is 57.7 Å². The second-order valence-electron chi connectivity index (χ2n) is 8.39. The molecule has 2 saturated heterocycles. The molecule has 0 spiro atoms. The van der Waals surface area contributed by atoms with Gasteiger partial charge in [0.05, 0.1) is 0 Å². The average Bonchev–Trinajstić information content (AvgIpc) is 2.68. The number of hydrogen-bond acceptors (Lipinski definition) is 5. The monoisotopic (exact) mass is 393 g/mol. The van der Waals surface area contributed by atoms with E-state index < -0.39 is 0 Å². The van der Waals surface area contributed by atoms with Crippen LogP contribution in [0.2, 0.25) is 0 Å². The van der Waals surface area contributed by atoms with Gasteiger partial charge in [0.2, 0.25) is 0 Å². The number of hydrogen-bond donors (Lipinski definition) is 3. The van der Waals surface area contributed by atoms with Crippen LogP contribution >= 0.6 is 0 Å². The molecule has 6 nitrogen and oxygen atoms in total. The van der Waals surface area contributed by atoms with Gasteiger partial charge in [-0.05, 0) is 43.5 Å². The normalized spacial score (nSPS) is 21.4. The molecule has 2 aliphatic heterocycles. The van der Waals surface area contributed by atoms with E-state index in [4.69, 9.17) is 5.73 Å². The van der Waals surface area contributed by atoms with Gasteiger partial charge in [0.25, 0.3) is 5.91 Å². The van der Waals surface area contributed by atoms with Crippen LogP contribution in [0.3, 0.4) is 0 Å². The molecule has 1 amide bonds. The summed E-state index contributed by atoms with van der Waals surface area (Å²) >= 11 is 0. The van der Waals surface area contributed by atoms with Gasteiger partial charge in [0.1, 0.15) is 5.82 Å². The molecule has 2 fully saturated rings. The molecule has 2 aliphatic rings. The number of pyridine rings is 1. The fourth-order valence-corrected chi connectivity index (χ4v) is 4.51. The highest BCUT2D eigenvalue weighted by atomic mass is 16.2. The molecule has 0 radical (unpaired) electrons. The maximum absolute atomic E-state index is 12.8. The van der Waals surface area contributed by atoms with E-state index in [1.807, 2.05) is 35.2 Å². The van der Waals surface area contributed by atoms with Crippen LogP contribution < -0.4 is 16.4 Å². The minimum atomic E-state index is 0.151. The van der Waals surface area contributed by atoms with Crippen LogP contribution in [0, 0.1) is 0 Å². The Kier molecular flexibility index (Phi) is 5.72. The van der Waals surface area contributed by atoms with Crippen LogP contribution in [0.1, 0.15) is 54.7 Å². The molecule has 0 aliphatic carbocycles. The van der Waals surface area contributed by atoms with E-state index in [0.29, 0.717) is 30.4 Å². The second-order valence-corrected chi connectivity index (χ2v) is 8.39. The highest BCUT2D eigenvalue weighted by Gasteiger charge is 2.44. The van der Waals surface area contributed by atoms with Gasteiger partial charge in [0, 0.05) is 60.6 Å². The van der Waals surface area contributed by atoms with Crippen LogP contribution in [-0.2, 0) is 6.42 Å². The van der Waals surface area contributed by atoms with E-state index in [9.17, 15) is 4.79 Å². The standard InChI is InChI=1S/C23H31N5O/c1-3-4-15(2)26-19-10-18(27-22(24)11-19)9-16-5-7-17(8-6-16)23(29)28-20-12-21(28)14-25-13-20/h5-8,10-11,15,20-21,25H,3-4,9,12-14H2,1-2H3,(H3,24,26,27)/t15-,20?,21?/m1/s1. The number of piperazine rings is 1. The van der Waals surface area contributed by atoms with E-state index in [1.165, 1.54) is 0 Å². The Morgan fingerprint density at radius 1 is 1.28 bits per heavy atom. The molecule has 1 aromatic carbocycles. The van der Waals surface area contributed by atoms with Crippen molar-refractivity contribution in [3.63, 3.8) is 0 Å². The Bertz CT molecular complexity index is 852. The third-order valence-corrected chi connectivity index (χ3v) is 5.94. The summed E-state index contributed by atoms with van der Waals surface area (Å²) in [7, 11) is 0. The number of carbonyl (C=O) groups excluding carboxylic acids is 1. The van der Waals surface area contributed by atoms with Gasteiger partial charge in [-0.15, -0.1) is 0 Å². The summed E-state index contributed by atoms with van der Waals surface area (Å²) in [6.45, 7) is 6.19. The molecular formula is C23H31N5O. The van der Waals surface area contributed by atoms with Crippen LogP contribution in [0.4, 0.5) is 11.5 Å². The van der Waals surface area contributed by atoms with E-state index in [0.717, 1.165) is 54.9 Å². The largest absolute Gasteiger partial charge is 0.384 e. The SMILES string of the molecule is CCC[C@@H](C)Nc1cc(N)nc(Cc2ccc(C(=O)N3C4CNCC3C4)cc2)c1. The third kappa shape index (κ3) is 4.37. The van der Waals surface area contributed by atoms with Gasteiger partial charge in [0.15, 0.2) is 0 Å². The first kappa shape index (κ1) is 19.7. The molecule has 0 saturated carbocycles. The van der Waals surface area contributed by atoms with Crippen molar-refractivity contribution >= 4 is 17.4 Å². The van der Waals surface area contributed by atoms with Gasteiger partial charge in [-0.2, -0.15) is 0 Å². The number of aromatic nitrogens is 1. The number of nitrogens with two attached hydrogens (primary N) is 1. The van der Waals surface area contributed by atoms with Crippen molar-refractivity contribution in [3.05, 3.63) is 53.2 Å². The van der Waals surface area contributed by atoms with Crippen molar-refractivity contribution in [2.75, 3.05) is 24.1 Å². The molecule has 6 heteroatoms. The molecule has 2 bridgehead atoms. The first-order valence-electron chi connectivity index (χ1n) is 10.7. The van der Waals surface area contributed by atoms with Crippen LogP contribution in [0.5, 0.6) is 0 Å². The molecule has 3 heterocycles. The lowest BCUT2D eigenvalue weighted by Crippen LogP contribution is -2.69. The Balaban J connectivity index is 1.42. The summed E-state index contributed by atoms with van der Waals surface area (Å²) in [5.74, 6) is 0.677. The van der Waals surface area contributed by atoms with Gasteiger partial charge >= 0.3 is 0 Å². The zero-order chi connectivity index (χ0) is 20.4. The van der Waals surface area contributed by atoms with E-state index in [-0.39, 0.29) is 5.91 Å². The molecule has 29 heavy (non-hydrogen) atoms. The van der Waals surface area contributed by atoms with Crippen LogP contribution in [-0.4, -0.2) is 47.0 Å². The molecule has 1 aromatic heterocycles. The van der Waals surface area contributed by atoms with Crippen molar-refractivity contribution < 1.29 is 4.79 Å². The number of nitrogens with zero attached hydrogens (tertiary/aromatic N) is 2. The molecule has 4 rings (SSSR count). The highest BCUT2D eigenvalue weighted by molar-refractivity contribution is 5.95. The zero-order valence-corrected chi connectivity index (χ0v) is 17.3. The minimum absolute atomic E-state index is 0.151. The zero-order valence-electron chi connectivity index (χ0n) is 17.3. The summed E-state index contributed by atoms with van der Waals surface area (Å²) in [4.78, 5) is 19.3. The van der Waals surface area contributed by atoms with Gasteiger partial charge in [-0.3, -0.25) is 4.79 Å². The Labute approximate surface area is 172 Å². The van der Waals surface area contributed by atoms with E-state index in [1.54, 1.807) is 0 Å². The molecular weight excluding hydrogens is 362 g/mol. The maximum atomic E-state index is 12.8. The topological polar surface area (TPSA) is 83.3 Å². The lowest BCUT2D eigenvalue weighted by molar-refractivity contribution is -0.00217. The number of benzene rings is 1.